The van der Waals surface area contributed by atoms with Gasteiger partial charge in [0, 0.05) is 44.4 Å². The molecule has 1 saturated heterocycles. The van der Waals surface area contributed by atoms with Gasteiger partial charge in [0.2, 0.25) is 0 Å². The number of cyclic esters (lactones) is 1. The molecule has 2 heterocycles. The number of esters is 1. The van der Waals surface area contributed by atoms with E-state index in [-0.39, 0.29) is 34.7 Å². The molecule has 0 spiro atoms. The number of hydrogen-bond donors (Lipinski definition) is 2. The molecular weight excluding hydrogens is 376 g/mol. The number of phenolic OH excluding ortho intramolecular Hbond substituents is 1. The van der Waals surface area contributed by atoms with Gasteiger partial charge in [0.1, 0.15) is 11.3 Å². The number of carbonyl (C=O) groups excluding carboxylic acids is 2. The van der Waals surface area contributed by atoms with E-state index in [2.05, 4.69) is 10.2 Å². The second kappa shape index (κ2) is 12.0. The highest BCUT2D eigenvalue weighted by atomic mass is 16.5. The largest absolute Gasteiger partial charge is 0.507 e. The monoisotopic (exact) mass is 406 g/mol. The Morgan fingerprint density at radius 2 is 1.72 bits per heavy atom. The van der Waals surface area contributed by atoms with Crippen molar-refractivity contribution in [2.75, 3.05) is 37.7 Å². The molecule has 0 unspecified atom stereocenters. The first-order chi connectivity index (χ1) is 13.1. The van der Waals surface area contributed by atoms with E-state index in [0.717, 1.165) is 44.7 Å². The molecule has 0 radical (unpaired) electrons. The molecule has 2 aliphatic heterocycles. The van der Waals surface area contributed by atoms with Gasteiger partial charge in [-0.15, -0.1) is 0 Å². The third kappa shape index (κ3) is 6.70. The van der Waals surface area contributed by atoms with Gasteiger partial charge < -0.3 is 31.0 Å². The third-order valence-corrected chi connectivity index (χ3v) is 4.73. The third-order valence-electron chi connectivity index (χ3n) is 4.73. The Bertz CT molecular complexity index is 754. The van der Waals surface area contributed by atoms with Crippen LogP contribution in [0.4, 0.5) is 5.69 Å². The highest BCUT2D eigenvalue weighted by Gasteiger charge is 2.20. The number of fused-ring (bicyclic) bond motifs is 1. The molecule has 0 saturated carbocycles. The molecule has 6 N–H and O–H groups in total. The molecule has 0 amide bonds. The maximum Gasteiger partial charge on any atom is 0.342 e. The van der Waals surface area contributed by atoms with Gasteiger partial charge in [-0.1, -0.05) is 18.2 Å². The zero-order valence-electron chi connectivity index (χ0n) is 16.4. The molecule has 29 heavy (non-hydrogen) atoms. The number of ether oxygens (including phenoxy) is 1. The highest BCUT2D eigenvalue weighted by molar-refractivity contribution is 5.97. The zero-order valence-corrected chi connectivity index (χ0v) is 16.4. The van der Waals surface area contributed by atoms with E-state index in [1.165, 1.54) is 0 Å². The molecule has 1 aromatic rings. The molecule has 8 nitrogen and oxygen atoms in total. The van der Waals surface area contributed by atoms with Crippen molar-refractivity contribution in [3.8, 4) is 5.75 Å². The summed E-state index contributed by atoms with van der Waals surface area (Å²) in [7, 11) is 0. The number of anilines is 1. The van der Waals surface area contributed by atoms with Gasteiger partial charge >= 0.3 is 5.97 Å². The van der Waals surface area contributed by atoms with Crippen molar-refractivity contribution in [1.29, 1.82) is 0 Å². The fourth-order valence-electron chi connectivity index (χ4n) is 3.29. The molecule has 0 atom stereocenters. The first kappa shape index (κ1) is 24.4. The van der Waals surface area contributed by atoms with Crippen molar-refractivity contribution in [2.45, 2.75) is 25.7 Å². The number of aromatic hydroxyl groups is 1. The van der Waals surface area contributed by atoms with E-state index in [4.69, 9.17) is 4.74 Å². The SMILES string of the molecule is O.O.O=C1/C=C\CCOC(=O)c2c(O)cc(N3CCNCC3)cc2/C=C/CCC1. The van der Waals surface area contributed by atoms with Gasteiger partial charge in [0.05, 0.1) is 6.61 Å². The average Bonchev–Trinajstić information content (AvgIpc) is 2.67. The predicted molar refractivity (Wildman–Crippen MR) is 112 cm³/mol. The fraction of sp³-hybridized carbons (Fsp3) is 0.429. The van der Waals surface area contributed by atoms with Crippen LogP contribution < -0.4 is 10.2 Å². The molecule has 160 valence electrons. The number of ketones is 1. The Hall–Kier alpha value is -2.68. The Labute approximate surface area is 170 Å². The summed E-state index contributed by atoms with van der Waals surface area (Å²) in [4.78, 5) is 26.4. The van der Waals surface area contributed by atoms with E-state index in [1.807, 2.05) is 18.2 Å². The van der Waals surface area contributed by atoms with Crippen molar-refractivity contribution < 1.29 is 30.4 Å². The number of hydrogen-bond acceptors (Lipinski definition) is 6. The number of allylic oxidation sites excluding steroid dienone is 2. The quantitative estimate of drug-likeness (QED) is 0.667. The summed E-state index contributed by atoms with van der Waals surface area (Å²) < 4.78 is 5.30. The molecule has 8 heteroatoms. The minimum Gasteiger partial charge on any atom is -0.507 e. The van der Waals surface area contributed by atoms with Crippen LogP contribution in [0.25, 0.3) is 6.08 Å². The van der Waals surface area contributed by atoms with Gasteiger partial charge in [-0.3, -0.25) is 4.79 Å². The highest BCUT2D eigenvalue weighted by Crippen LogP contribution is 2.31. The van der Waals surface area contributed by atoms with Gasteiger partial charge in [0.15, 0.2) is 5.78 Å². The Morgan fingerprint density at radius 3 is 2.48 bits per heavy atom. The summed E-state index contributed by atoms with van der Waals surface area (Å²) in [6.07, 6.45) is 9.52. The van der Waals surface area contributed by atoms with Crippen LogP contribution in [-0.2, 0) is 9.53 Å². The summed E-state index contributed by atoms with van der Waals surface area (Å²) >= 11 is 0. The van der Waals surface area contributed by atoms with Crippen LogP contribution in [0.1, 0.15) is 41.6 Å². The van der Waals surface area contributed by atoms with Crippen molar-refractivity contribution in [1.82, 2.24) is 5.32 Å². The van der Waals surface area contributed by atoms with Gasteiger partial charge in [-0.25, -0.2) is 4.79 Å². The number of nitrogens with one attached hydrogen (secondary N) is 1. The Kier molecular flexibility index (Phi) is 10.1. The van der Waals surface area contributed by atoms with E-state index in [0.29, 0.717) is 18.4 Å². The maximum atomic E-state index is 12.5. The molecule has 0 aromatic heterocycles. The van der Waals surface area contributed by atoms with Crippen molar-refractivity contribution >= 4 is 23.5 Å². The Morgan fingerprint density at radius 1 is 1.00 bits per heavy atom. The summed E-state index contributed by atoms with van der Waals surface area (Å²) in [5.41, 5.74) is 1.74. The van der Waals surface area contributed by atoms with E-state index < -0.39 is 5.97 Å². The number of rotatable bonds is 1. The van der Waals surface area contributed by atoms with Crippen molar-refractivity contribution in [3.63, 3.8) is 0 Å². The van der Waals surface area contributed by atoms with E-state index >= 15 is 0 Å². The molecule has 1 aromatic carbocycles. The number of carbonyl (C=O) groups is 2. The van der Waals surface area contributed by atoms with E-state index in [1.54, 1.807) is 18.2 Å². The molecular formula is C21H30N2O6. The second-order valence-electron chi connectivity index (χ2n) is 6.75. The van der Waals surface area contributed by atoms with Gasteiger partial charge in [0.25, 0.3) is 0 Å². The van der Waals surface area contributed by atoms with Crippen LogP contribution in [0, 0.1) is 0 Å². The molecule has 3 rings (SSSR count). The van der Waals surface area contributed by atoms with Gasteiger partial charge in [-0.2, -0.15) is 0 Å². The van der Waals surface area contributed by atoms with Crippen LogP contribution >= 0.6 is 0 Å². The summed E-state index contributed by atoms with van der Waals surface area (Å²) in [6.45, 7) is 3.64. The van der Waals surface area contributed by atoms with Crippen LogP contribution in [0.3, 0.4) is 0 Å². The van der Waals surface area contributed by atoms with E-state index in [9.17, 15) is 14.7 Å². The topological polar surface area (TPSA) is 142 Å². The second-order valence-corrected chi connectivity index (χ2v) is 6.75. The predicted octanol–water partition coefficient (Wildman–Crippen LogP) is 1.02. The minimum atomic E-state index is -0.546. The number of nitrogens with zero attached hydrogens (tertiary/aromatic N) is 1. The van der Waals surface area contributed by atoms with Gasteiger partial charge in [-0.05, 0) is 37.0 Å². The molecule has 1 fully saturated rings. The smallest absolute Gasteiger partial charge is 0.342 e. The standard InChI is InChI=1S/C21H26N2O4.2H2O/c24-18-7-3-1-2-6-16-14-17(23-11-9-22-10-12-23)15-19(25)20(16)21(26)27-13-5-4-8-18;;/h2,4,6,8,14-15,22,25H,1,3,5,7,9-13H2;2*1H2/b6-2+,8-4-;;. The van der Waals surface area contributed by atoms with Crippen LogP contribution in [0.5, 0.6) is 5.75 Å². The summed E-state index contributed by atoms with van der Waals surface area (Å²) in [5.74, 6) is -0.518. The van der Waals surface area contributed by atoms with Crippen molar-refractivity contribution in [2.24, 2.45) is 0 Å². The summed E-state index contributed by atoms with van der Waals surface area (Å²) in [5, 5.41) is 13.8. The lowest BCUT2D eigenvalue weighted by atomic mass is 10.0. The van der Waals surface area contributed by atoms with Crippen LogP contribution in [0.2, 0.25) is 0 Å². The zero-order chi connectivity index (χ0) is 19.1. The van der Waals surface area contributed by atoms with Crippen LogP contribution in [-0.4, -0.2) is 60.6 Å². The number of benzene rings is 1. The lowest BCUT2D eigenvalue weighted by molar-refractivity contribution is -0.114. The normalized spacial score (nSPS) is 20.2. The maximum absolute atomic E-state index is 12.5. The number of piperazine rings is 1. The number of phenols is 1. The average molecular weight is 406 g/mol. The first-order valence-electron chi connectivity index (χ1n) is 9.51. The minimum absolute atomic E-state index is 0. The lowest BCUT2D eigenvalue weighted by Gasteiger charge is -2.30. The van der Waals surface area contributed by atoms with Crippen LogP contribution in [0.15, 0.2) is 30.4 Å². The first-order valence-corrected chi connectivity index (χ1v) is 9.51. The molecule has 0 bridgehead atoms. The lowest BCUT2D eigenvalue weighted by Crippen LogP contribution is -2.43. The summed E-state index contributed by atoms with van der Waals surface area (Å²) in [6, 6.07) is 3.57. The fourth-order valence-corrected chi connectivity index (χ4v) is 3.29. The molecule has 0 aliphatic carbocycles. The van der Waals surface area contributed by atoms with Crippen molar-refractivity contribution in [3.05, 3.63) is 41.5 Å². The Balaban J connectivity index is 0.00000210. The molecule has 2 aliphatic rings.